The van der Waals surface area contributed by atoms with E-state index in [4.69, 9.17) is 14.2 Å². The van der Waals surface area contributed by atoms with Crippen LogP contribution in [0.4, 0.5) is 0 Å². The Bertz CT molecular complexity index is 381. The van der Waals surface area contributed by atoms with Crippen LogP contribution in [0.25, 0.3) is 0 Å². The molecule has 1 aromatic rings. The van der Waals surface area contributed by atoms with Crippen molar-refractivity contribution in [2.75, 3.05) is 34.0 Å². The van der Waals surface area contributed by atoms with Gasteiger partial charge in [-0.25, -0.2) is 0 Å². The molecule has 0 saturated carbocycles. The molecule has 1 aromatic carbocycles. The van der Waals surface area contributed by atoms with Gasteiger partial charge in [0, 0.05) is 25.3 Å². The van der Waals surface area contributed by atoms with Gasteiger partial charge in [0.25, 0.3) is 0 Å². The number of methoxy groups -OCH3 is 1. The molecule has 2 rings (SSSR count). The highest BCUT2D eigenvalue weighted by atomic mass is 16.6. The van der Waals surface area contributed by atoms with E-state index in [0.717, 1.165) is 30.9 Å². The third-order valence-electron chi connectivity index (χ3n) is 3.16. The lowest BCUT2D eigenvalue weighted by molar-refractivity contribution is 0.167. The fraction of sp³-hybridized carbons (Fsp3) is 0.571. The number of nitrogens with one attached hydrogen (secondary N) is 1. The van der Waals surface area contributed by atoms with Crippen molar-refractivity contribution >= 4 is 0 Å². The molecule has 1 heterocycles. The Morgan fingerprint density at radius 3 is 2.94 bits per heavy atom. The molecule has 0 radical (unpaired) electrons. The SMILES string of the molecule is CNC(CCCOC)c1cccc2c1OCCO2. The summed E-state index contributed by atoms with van der Waals surface area (Å²) in [4.78, 5) is 0. The van der Waals surface area contributed by atoms with E-state index in [1.54, 1.807) is 7.11 Å². The number of benzene rings is 1. The van der Waals surface area contributed by atoms with E-state index < -0.39 is 0 Å². The third kappa shape index (κ3) is 2.94. The standard InChI is InChI=1S/C14H21NO3/c1-15-12(6-4-8-16-2)11-5-3-7-13-14(11)18-10-9-17-13/h3,5,7,12,15H,4,6,8-10H2,1-2H3. The lowest BCUT2D eigenvalue weighted by Gasteiger charge is -2.25. The Balaban J connectivity index is 2.14. The fourth-order valence-corrected chi connectivity index (χ4v) is 2.26. The number of hydrogen-bond acceptors (Lipinski definition) is 4. The molecule has 1 atom stereocenters. The van der Waals surface area contributed by atoms with Gasteiger partial charge in [-0.05, 0) is 26.0 Å². The molecule has 4 heteroatoms. The second kappa shape index (κ2) is 6.61. The van der Waals surface area contributed by atoms with E-state index in [1.165, 1.54) is 5.56 Å². The van der Waals surface area contributed by atoms with Crippen LogP contribution in [-0.4, -0.2) is 34.0 Å². The predicted molar refractivity (Wildman–Crippen MR) is 70.3 cm³/mol. The first-order valence-corrected chi connectivity index (χ1v) is 6.41. The molecule has 100 valence electrons. The Labute approximate surface area is 108 Å². The molecule has 1 N–H and O–H groups in total. The van der Waals surface area contributed by atoms with Gasteiger partial charge in [-0.2, -0.15) is 0 Å². The quantitative estimate of drug-likeness (QED) is 0.786. The van der Waals surface area contributed by atoms with Crippen molar-refractivity contribution in [3.8, 4) is 11.5 Å². The largest absolute Gasteiger partial charge is 0.486 e. The second-order valence-corrected chi connectivity index (χ2v) is 4.35. The first kappa shape index (κ1) is 13.2. The zero-order chi connectivity index (χ0) is 12.8. The van der Waals surface area contributed by atoms with Gasteiger partial charge < -0.3 is 19.5 Å². The highest BCUT2D eigenvalue weighted by Crippen LogP contribution is 2.37. The van der Waals surface area contributed by atoms with Crippen molar-refractivity contribution in [1.82, 2.24) is 5.32 Å². The molecule has 1 aliphatic heterocycles. The summed E-state index contributed by atoms with van der Waals surface area (Å²) in [5.41, 5.74) is 1.17. The Morgan fingerprint density at radius 1 is 1.33 bits per heavy atom. The number of fused-ring (bicyclic) bond motifs is 1. The molecule has 0 amide bonds. The van der Waals surface area contributed by atoms with Gasteiger partial charge >= 0.3 is 0 Å². The number of rotatable bonds is 6. The second-order valence-electron chi connectivity index (χ2n) is 4.35. The molecule has 0 spiro atoms. The molecule has 1 unspecified atom stereocenters. The third-order valence-corrected chi connectivity index (χ3v) is 3.16. The smallest absolute Gasteiger partial charge is 0.166 e. The van der Waals surface area contributed by atoms with Gasteiger partial charge in [0.1, 0.15) is 13.2 Å². The Kier molecular flexibility index (Phi) is 4.84. The van der Waals surface area contributed by atoms with Crippen LogP contribution in [0.2, 0.25) is 0 Å². The molecule has 0 fully saturated rings. The molecule has 4 nitrogen and oxygen atoms in total. The monoisotopic (exact) mass is 251 g/mol. The molecular formula is C14H21NO3. The molecule has 18 heavy (non-hydrogen) atoms. The van der Waals surface area contributed by atoms with E-state index in [2.05, 4.69) is 11.4 Å². The summed E-state index contributed by atoms with van der Waals surface area (Å²) < 4.78 is 16.5. The molecular weight excluding hydrogens is 230 g/mol. The topological polar surface area (TPSA) is 39.7 Å². The first-order valence-electron chi connectivity index (χ1n) is 6.41. The number of para-hydroxylation sites is 1. The van der Waals surface area contributed by atoms with Crippen molar-refractivity contribution in [3.63, 3.8) is 0 Å². The molecule has 0 bridgehead atoms. The fourth-order valence-electron chi connectivity index (χ4n) is 2.26. The van der Waals surface area contributed by atoms with Gasteiger partial charge in [-0.1, -0.05) is 12.1 Å². The lowest BCUT2D eigenvalue weighted by atomic mass is 10.0. The van der Waals surface area contributed by atoms with Crippen molar-refractivity contribution in [2.45, 2.75) is 18.9 Å². The van der Waals surface area contributed by atoms with E-state index in [-0.39, 0.29) is 6.04 Å². The molecule has 0 aromatic heterocycles. The van der Waals surface area contributed by atoms with E-state index in [9.17, 15) is 0 Å². The van der Waals surface area contributed by atoms with Crippen molar-refractivity contribution < 1.29 is 14.2 Å². The first-order chi connectivity index (χ1) is 8.86. The van der Waals surface area contributed by atoms with Gasteiger partial charge in [0.05, 0.1) is 0 Å². The maximum atomic E-state index is 5.75. The summed E-state index contributed by atoms with van der Waals surface area (Å²) in [5.74, 6) is 1.74. The molecule has 0 saturated heterocycles. The van der Waals surface area contributed by atoms with E-state index in [0.29, 0.717) is 13.2 Å². The zero-order valence-corrected chi connectivity index (χ0v) is 11.1. The highest BCUT2D eigenvalue weighted by molar-refractivity contribution is 5.48. The summed E-state index contributed by atoms with van der Waals surface area (Å²) in [6.07, 6.45) is 2.04. The summed E-state index contributed by atoms with van der Waals surface area (Å²) in [7, 11) is 3.70. The Morgan fingerprint density at radius 2 is 2.17 bits per heavy atom. The minimum absolute atomic E-state index is 0.275. The van der Waals surface area contributed by atoms with E-state index >= 15 is 0 Å². The minimum atomic E-state index is 0.275. The van der Waals surface area contributed by atoms with Crippen LogP contribution in [-0.2, 0) is 4.74 Å². The average molecular weight is 251 g/mol. The van der Waals surface area contributed by atoms with Crippen LogP contribution in [0.1, 0.15) is 24.4 Å². The van der Waals surface area contributed by atoms with Gasteiger partial charge in [-0.15, -0.1) is 0 Å². The van der Waals surface area contributed by atoms with Crippen molar-refractivity contribution in [1.29, 1.82) is 0 Å². The van der Waals surface area contributed by atoms with Crippen molar-refractivity contribution in [3.05, 3.63) is 23.8 Å². The van der Waals surface area contributed by atoms with Crippen LogP contribution in [0, 0.1) is 0 Å². The molecule has 0 aliphatic carbocycles. The maximum Gasteiger partial charge on any atom is 0.166 e. The average Bonchev–Trinajstić information content (AvgIpc) is 2.43. The highest BCUT2D eigenvalue weighted by Gasteiger charge is 2.20. The van der Waals surface area contributed by atoms with Crippen molar-refractivity contribution in [2.24, 2.45) is 0 Å². The molecule has 1 aliphatic rings. The van der Waals surface area contributed by atoms with Crippen LogP contribution in [0.5, 0.6) is 11.5 Å². The van der Waals surface area contributed by atoms with Crippen LogP contribution in [0.15, 0.2) is 18.2 Å². The van der Waals surface area contributed by atoms with Gasteiger partial charge in [-0.3, -0.25) is 0 Å². The minimum Gasteiger partial charge on any atom is -0.486 e. The predicted octanol–water partition coefficient (Wildman–Crippen LogP) is 2.14. The Hall–Kier alpha value is -1.26. The summed E-state index contributed by atoms with van der Waals surface area (Å²) in [6.45, 7) is 2.04. The van der Waals surface area contributed by atoms with Crippen LogP contribution < -0.4 is 14.8 Å². The lowest BCUT2D eigenvalue weighted by Crippen LogP contribution is -2.21. The normalized spacial score (nSPS) is 15.4. The summed E-state index contributed by atoms with van der Waals surface area (Å²) in [6, 6.07) is 6.35. The number of hydrogen-bond donors (Lipinski definition) is 1. The van der Waals surface area contributed by atoms with Gasteiger partial charge in [0.2, 0.25) is 0 Å². The van der Waals surface area contributed by atoms with Crippen LogP contribution in [0.3, 0.4) is 0 Å². The maximum absolute atomic E-state index is 5.75. The van der Waals surface area contributed by atoms with Gasteiger partial charge in [0.15, 0.2) is 11.5 Å². The summed E-state index contributed by atoms with van der Waals surface area (Å²) >= 11 is 0. The number of ether oxygens (including phenoxy) is 3. The summed E-state index contributed by atoms with van der Waals surface area (Å²) in [5, 5.41) is 3.34. The van der Waals surface area contributed by atoms with Crippen LogP contribution >= 0.6 is 0 Å². The zero-order valence-electron chi connectivity index (χ0n) is 11.1. The van der Waals surface area contributed by atoms with E-state index in [1.807, 2.05) is 19.2 Å².